The summed E-state index contributed by atoms with van der Waals surface area (Å²) in [4.78, 5) is 2.54. The number of aryl methyl sites for hydroxylation is 1. The lowest BCUT2D eigenvalue weighted by Crippen LogP contribution is -2.59. The van der Waals surface area contributed by atoms with Crippen molar-refractivity contribution in [3.63, 3.8) is 0 Å². The number of benzene rings is 2. The van der Waals surface area contributed by atoms with Gasteiger partial charge in [0, 0.05) is 48.4 Å². The fraction of sp³-hybridized carbons (Fsp3) is 0.458. The van der Waals surface area contributed by atoms with Crippen LogP contribution in [0.25, 0.3) is 0 Å². The molecule has 5 heteroatoms. The van der Waals surface area contributed by atoms with Gasteiger partial charge >= 0.3 is 0 Å². The van der Waals surface area contributed by atoms with Crippen LogP contribution in [0.3, 0.4) is 0 Å². The molecule has 0 radical (unpaired) electrons. The second-order valence-corrected chi connectivity index (χ2v) is 9.75. The van der Waals surface area contributed by atoms with Gasteiger partial charge in [-0.15, -0.1) is 0 Å². The van der Waals surface area contributed by atoms with Crippen molar-refractivity contribution < 1.29 is 4.74 Å². The Labute approximate surface area is 181 Å². The summed E-state index contributed by atoms with van der Waals surface area (Å²) >= 11 is 3.65. The van der Waals surface area contributed by atoms with E-state index in [4.69, 9.17) is 9.84 Å². The molecule has 3 heterocycles. The highest BCUT2D eigenvalue weighted by Crippen LogP contribution is 2.50. The van der Waals surface area contributed by atoms with E-state index in [0.717, 1.165) is 48.3 Å². The third-order valence-corrected chi connectivity index (χ3v) is 7.15. The lowest BCUT2D eigenvalue weighted by molar-refractivity contribution is -0.152. The standard InChI is InChI=1S/C24H28BrN3O/c1-16(2)27-12-10-24(11-13-27)28-22(20-14-19(25)8-9-23(20)29-24)15-21(26-28)18-6-4-17(3)5-7-18/h4-9,14,16,22H,10-13,15H2,1-3H3/t22-/m1/s1. The van der Waals surface area contributed by atoms with Gasteiger partial charge in [0.1, 0.15) is 5.75 Å². The monoisotopic (exact) mass is 453 g/mol. The molecule has 2 aromatic carbocycles. The maximum absolute atomic E-state index is 6.73. The van der Waals surface area contributed by atoms with Crippen LogP contribution in [-0.4, -0.2) is 40.5 Å². The smallest absolute Gasteiger partial charge is 0.200 e. The summed E-state index contributed by atoms with van der Waals surface area (Å²) in [7, 11) is 0. The maximum Gasteiger partial charge on any atom is 0.200 e. The minimum atomic E-state index is -0.344. The molecule has 2 aromatic rings. The molecule has 0 aliphatic carbocycles. The SMILES string of the molecule is Cc1ccc(C2=NN3[C@H](C2)c2cc(Br)ccc2OC32CCN(C(C)C)CC2)cc1. The van der Waals surface area contributed by atoms with E-state index >= 15 is 0 Å². The first kappa shape index (κ1) is 19.1. The molecule has 3 aliphatic rings. The van der Waals surface area contributed by atoms with E-state index in [1.807, 2.05) is 0 Å². The molecule has 0 bridgehead atoms. The van der Waals surface area contributed by atoms with Crippen molar-refractivity contribution >= 4 is 21.6 Å². The molecular weight excluding hydrogens is 426 g/mol. The first-order valence-electron chi connectivity index (χ1n) is 10.6. The quantitative estimate of drug-likeness (QED) is 0.600. The van der Waals surface area contributed by atoms with Gasteiger partial charge in [-0.25, -0.2) is 5.01 Å². The Kier molecular flexibility index (Phi) is 4.71. The highest BCUT2D eigenvalue weighted by atomic mass is 79.9. The van der Waals surface area contributed by atoms with E-state index in [-0.39, 0.29) is 11.8 Å². The Morgan fingerprint density at radius 2 is 1.83 bits per heavy atom. The summed E-state index contributed by atoms with van der Waals surface area (Å²) in [6, 6.07) is 16.0. The number of hydrazone groups is 1. The minimum absolute atomic E-state index is 0.234. The largest absolute Gasteiger partial charge is 0.466 e. The van der Waals surface area contributed by atoms with Crippen LogP contribution < -0.4 is 4.74 Å². The molecule has 1 fully saturated rings. The molecule has 29 heavy (non-hydrogen) atoms. The number of likely N-dealkylation sites (tertiary alicyclic amines) is 1. The molecule has 3 aliphatic heterocycles. The molecule has 0 N–H and O–H groups in total. The molecule has 1 saturated heterocycles. The summed E-state index contributed by atoms with van der Waals surface area (Å²) in [5, 5.41) is 7.48. The molecule has 1 spiro atoms. The number of fused-ring (bicyclic) bond motifs is 4. The highest BCUT2D eigenvalue weighted by Gasteiger charge is 2.52. The van der Waals surface area contributed by atoms with Crippen molar-refractivity contribution in [2.45, 2.75) is 57.8 Å². The zero-order valence-corrected chi connectivity index (χ0v) is 18.9. The molecule has 0 amide bonds. The van der Waals surface area contributed by atoms with Crippen LogP contribution in [0, 0.1) is 6.92 Å². The highest BCUT2D eigenvalue weighted by molar-refractivity contribution is 9.10. The van der Waals surface area contributed by atoms with Crippen molar-refractivity contribution in [3.05, 3.63) is 63.6 Å². The van der Waals surface area contributed by atoms with Crippen LogP contribution in [0.1, 0.15) is 55.8 Å². The molecular formula is C24H28BrN3O. The van der Waals surface area contributed by atoms with Crippen molar-refractivity contribution in [1.29, 1.82) is 0 Å². The van der Waals surface area contributed by atoms with Gasteiger partial charge in [0.15, 0.2) is 0 Å². The number of piperidine rings is 1. The van der Waals surface area contributed by atoms with Gasteiger partial charge in [-0.3, -0.25) is 0 Å². The average molecular weight is 454 g/mol. The van der Waals surface area contributed by atoms with Gasteiger partial charge in [0.2, 0.25) is 5.72 Å². The second-order valence-electron chi connectivity index (χ2n) is 8.84. The molecule has 0 unspecified atom stereocenters. The van der Waals surface area contributed by atoms with E-state index in [2.05, 4.69) is 89.1 Å². The fourth-order valence-corrected chi connectivity index (χ4v) is 5.27. The van der Waals surface area contributed by atoms with Gasteiger partial charge in [-0.1, -0.05) is 45.8 Å². The minimum Gasteiger partial charge on any atom is -0.466 e. The van der Waals surface area contributed by atoms with Gasteiger partial charge in [0.25, 0.3) is 0 Å². The van der Waals surface area contributed by atoms with Crippen molar-refractivity contribution in [2.75, 3.05) is 13.1 Å². The van der Waals surface area contributed by atoms with Crippen LogP contribution in [0.15, 0.2) is 52.0 Å². The van der Waals surface area contributed by atoms with Gasteiger partial charge in [0.05, 0.1) is 11.8 Å². The zero-order chi connectivity index (χ0) is 20.2. The first-order valence-corrected chi connectivity index (χ1v) is 11.4. The lowest BCUT2D eigenvalue weighted by Gasteiger charge is -2.51. The second kappa shape index (κ2) is 7.13. The third-order valence-electron chi connectivity index (χ3n) is 6.65. The Balaban J connectivity index is 1.54. The Morgan fingerprint density at radius 1 is 1.10 bits per heavy atom. The van der Waals surface area contributed by atoms with Crippen LogP contribution in [0.4, 0.5) is 0 Å². The Bertz CT molecular complexity index is 945. The number of halogens is 1. The summed E-state index contributed by atoms with van der Waals surface area (Å²) in [6.07, 6.45) is 2.87. The van der Waals surface area contributed by atoms with Crippen LogP contribution in [0.2, 0.25) is 0 Å². The number of nitrogens with zero attached hydrogens (tertiary/aromatic N) is 3. The first-order chi connectivity index (χ1) is 13.9. The lowest BCUT2D eigenvalue weighted by atomic mass is 9.90. The zero-order valence-electron chi connectivity index (χ0n) is 17.4. The number of ether oxygens (including phenoxy) is 1. The van der Waals surface area contributed by atoms with Crippen molar-refractivity contribution in [2.24, 2.45) is 5.10 Å². The normalized spacial score (nSPS) is 23.0. The predicted octanol–water partition coefficient (Wildman–Crippen LogP) is 5.50. The Hall–Kier alpha value is -1.85. The summed E-state index contributed by atoms with van der Waals surface area (Å²) in [5.41, 5.74) is 4.55. The molecule has 4 nitrogen and oxygen atoms in total. The molecule has 0 saturated carbocycles. The van der Waals surface area contributed by atoms with Crippen LogP contribution >= 0.6 is 15.9 Å². The number of hydrogen-bond donors (Lipinski definition) is 0. The average Bonchev–Trinajstić information content (AvgIpc) is 3.16. The summed E-state index contributed by atoms with van der Waals surface area (Å²) in [5.74, 6) is 1.02. The van der Waals surface area contributed by atoms with Crippen molar-refractivity contribution in [3.8, 4) is 5.75 Å². The third kappa shape index (κ3) is 3.28. The van der Waals surface area contributed by atoms with E-state index in [1.54, 1.807) is 0 Å². The number of rotatable bonds is 2. The van der Waals surface area contributed by atoms with Crippen LogP contribution in [-0.2, 0) is 0 Å². The molecule has 152 valence electrons. The topological polar surface area (TPSA) is 28.1 Å². The summed E-state index contributed by atoms with van der Waals surface area (Å²) in [6.45, 7) is 8.77. The molecule has 1 atom stereocenters. The van der Waals surface area contributed by atoms with E-state index < -0.39 is 0 Å². The van der Waals surface area contributed by atoms with Gasteiger partial charge < -0.3 is 9.64 Å². The molecule has 0 aromatic heterocycles. The Morgan fingerprint density at radius 3 is 2.52 bits per heavy atom. The van der Waals surface area contributed by atoms with Crippen molar-refractivity contribution in [1.82, 2.24) is 9.91 Å². The molecule has 5 rings (SSSR count). The predicted molar refractivity (Wildman–Crippen MR) is 120 cm³/mol. The van der Waals surface area contributed by atoms with E-state index in [9.17, 15) is 0 Å². The van der Waals surface area contributed by atoms with E-state index in [1.165, 1.54) is 16.7 Å². The maximum atomic E-state index is 6.73. The number of hydrogen-bond acceptors (Lipinski definition) is 4. The summed E-state index contributed by atoms with van der Waals surface area (Å²) < 4.78 is 7.82. The van der Waals surface area contributed by atoms with Crippen LogP contribution in [0.5, 0.6) is 5.75 Å². The van der Waals surface area contributed by atoms with Gasteiger partial charge in [-0.2, -0.15) is 5.10 Å². The van der Waals surface area contributed by atoms with Gasteiger partial charge in [-0.05, 0) is 44.5 Å². The van der Waals surface area contributed by atoms with E-state index in [0.29, 0.717) is 6.04 Å². The fourth-order valence-electron chi connectivity index (χ4n) is 4.89.